The molecule has 1 fully saturated rings. The number of hydrogen-bond acceptors (Lipinski definition) is 5. The summed E-state index contributed by atoms with van der Waals surface area (Å²) in [5.74, 6) is -0.357. The Bertz CT molecular complexity index is 1300. The first-order valence-corrected chi connectivity index (χ1v) is 11.1. The quantitative estimate of drug-likeness (QED) is 0.608. The number of fused-ring (bicyclic) bond motifs is 2. The number of benzene rings is 1. The zero-order chi connectivity index (χ0) is 23.3. The molecular formula is C24H27N5O4. The van der Waals surface area contributed by atoms with E-state index in [0.717, 1.165) is 5.56 Å². The molecular weight excluding hydrogens is 422 g/mol. The zero-order valence-electron chi connectivity index (χ0n) is 19.1. The summed E-state index contributed by atoms with van der Waals surface area (Å²) in [5.41, 5.74) is 1.77. The summed E-state index contributed by atoms with van der Waals surface area (Å²) in [4.78, 5) is 43.5. The molecule has 2 aliphatic rings. The Kier molecular flexibility index (Phi) is 5.08. The molecule has 9 nitrogen and oxygen atoms in total. The molecule has 0 spiro atoms. The molecule has 33 heavy (non-hydrogen) atoms. The van der Waals surface area contributed by atoms with Gasteiger partial charge in [-0.2, -0.15) is 9.61 Å². The molecule has 0 unspecified atom stereocenters. The largest absolute Gasteiger partial charge is 0.378 e. The van der Waals surface area contributed by atoms with E-state index in [9.17, 15) is 14.4 Å². The zero-order valence-corrected chi connectivity index (χ0v) is 19.1. The second kappa shape index (κ2) is 7.84. The van der Waals surface area contributed by atoms with Gasteiger partial charge in [0.1, 0.15) is 17.9 Å². The lowest BCUT2D eigenvalue weighted by Gasteiger charge is -2.31. The molecule has 1 saturated heterocycles. The van der Waals surface area contributed by atoms with Gasteiger partial charge in [-0.25, -0.2) is 0 Å². The Morgan fingerprint density at radius 1 is 1.09 bits per heavy atom. The summed E-state index contributed by atoms with van der Waals surface area (Å²) >= 11 is 0. The molecule has 172 valence electrons. The third-order valence-electron chi connectivity index (χ3n) is 6.27. The van der Waals surface area contributed by atoms with Gasteiger partial charge in [-0.05, 0) is 20.8 Å². The highest BCUT2D eigenvalue weighted by Crippen LogP contribution is 2.29. The summed E-state index contributed by atoms with van der Waals surface area (Å²) < 4.78 is 8.36. The molecule has 4 heterocycles. The van der Waals surface area contributed by atoms with Crippen LogP contribution >= 0.6 is 0 Å². The second-order valence-corrected chi connectivity index (χ2v) is 9.44. The number of hydrogen-bond donors (Lipinski definition) is 0. The number of morpholine rings is 1. The molecule has 2 amide bonds. The van der Waals surface area contributed by atoms with Gasteiger partial charge in [-0.1, -0.05) is 30.3 Å². The lowest BCUT2D eigenvalue weighted by molar-refractivity contribution is -0.135. The van der Waals surface area contributed by atoms with Crippen molar-refractivity contribution in [3.05, 3.63) is 58.0 Å². The first kappa shape index (κ1) is 21.4. The van der Waals surface area contributed by atoms with Crippen LogP contribution in [0.4, 0.5) is 0 Å². The minimum Gasteiger partial charge on any atom is -0.378 e. The summed E-state index contributed by atoms with van der Waals surface area (Å²) in [7, 11) is 0. The topological polar surface area (TPSA) is 89.2 Å². The monoisotopic (exact) mass is 449 g/mol. The van der Waals surface area contributed by atoms with Crippen LogP contribution in [-0.4, -0.2) is 67.6 Å². The van der Waals surface area contributed by atoms with Gasteiger partial charge >= 0.3 is 0 Å². The highest BCUT2D eigenvalue weighted by Gasteiger charge is 2.40. The van der Waals surface area contributed by atoms with Crippen molar-refractivity contribution >= 4 is 17.5 Å². The predicted molar refractivity (Wildman–Crippen MR) is 122 cm³/mol. The van der Waals surface area contributed by atoms with Gasteiger partial charge < -0.3 is 19.1 Å². The highest BCUT2D eigenvalue weighted by molar-refractivity contribution is 5.98. The molecule has 0 N–H and O–H groups in total. The van der Waals surface area contributed by atoms with E-state index in [0.29, 0.717) is 43.2 Å². The van der Waals surface area contributed by atoms with E-state index in [4.69, 9.17) is 4.74 Å². The fourth-order valence-corrected chi connectivity index (χ4v) is 4.46. The number of rotatable bonds is 3. The number of ether oxygens (including phenoxy) is 1. The molecule has 0 radical (unpaired) electrons. The number of nitrogens with zero attached hydrogens (tertiary/aromatic N) is 5. The van der Waals surface area contributed by atoms with Crippen molar-refractivity contribution in [2.24, 2.45) is 0 Å². The van der Waals surface area contributed by atoms with Crippen LogP contribution in [-0.2, 0) is 22.6 Å². The maximum absolute atomic E-state index is 13.5. The minimum atomic E-state index is -0.466. The smallest absolute Gasteiger partial charge is 0.280 e. The van der Waals surface area contributed by atoms with E-state index < -0.39 is 5.54 Å². The van der Waals surface area contributed by atoms with Crippen LogP contribution in [0.15, 0.2) is 41.2 Å². The van der Waals surface area contributed by atoms with E-state index in [1.807, 2.05) is 51.1 Å². The molecule has 5 rings (SSSR count). The van der Waals surface area contributed by atoms with Crippen molar-refractivity contribution in [3.8, 4) is 11.3 Å². The van der Waals surface area contributed by atoms with Crippen molar-refractivity contribution in [1.82, 2.24) is 24.0 Å². The van der Waals surface area contributed by atoms with Crippen molar-refractivity contribution in [3.63, 3.8) is 0 Å². The van der Waals surface area contributed by atoms with E-state index in [1.165, 1.54) is 4.52 Å². The van der Waals surface area contributed by atoms with Gasteiger partial charge in [0.15, 0.2) is 0 Å². The second-order valence-electron chi connectivity index (χ2n) is 9.44. The van der Waals surface area contributed by atoms with Crippen LogP contribution in [0.1, 0.15) is 36.8 Å². The number of carbonyl (C=O) groups excluding carboxylic acids is 2. The van der Waals surface area contributed by atoms with Crippen molar-refractivity contribution in [1.29, 1.82) is 0 Å². The lowest BCUT2D eigenvalue weighted by Crippen LogP contribution is -2.43. The Morgan fingerprint density at radius 2 is 1.79 bits per heavy atom. The average Bonchev–Trinajstić information content (AvgIpc) is 3.40. The van der Waals surface area contributed by atoms with Crippen LogP contribution in [0.25, 0.3) is 16.9 Å². The molecule has 1 aromatic carbocycles. The Morgan fingerprint density at radius 3 is 2.45 bits per heavy atom. The number of aromatic nitrogens is 3. The third-order valence-corrected chi connectivity index (χ3v) is 6.27. The van der Waals surface area contributed by atoms with Crippen molar-refractivity contribution < 1.29 is 14.3 Å². The predicted octanol–water partition coefficient (Wildman–Crippen LogP) is 1.78. The number of carbonyl (C=O) groups is 2. The molecule has 2 aliphatic heterocycles. The fourth-order valence-electron chi connectivity index (χ4n) is 4.46. The van der Waals surface area contributed by atoms with Crippen LogP contribution in [0, 0.1) is 0 Å². The minimum absolute atomic E-state index is 0.0459. The first-order chi connectivity index (χ1) is 15.8. The van der Waals surface area contributed by atoms with Crippen LogP contribution in [0.3, 0.4) is 0 Å². The fraction of sp³-hybridized carbons (Fsp3) is 0.417. The summed E-state index contributed by atoms with van der Waals surface area (Å²) in [6.07, 6.45) is 0. The van der Waals surface area contributed by atoms with E-state index in [-0.39, 0.29) is 36.2 Å². The molecule has 0 aliphatic carbocycles. The SMILES string of the molecule is CC(C)(C)N1Cc2c(n(CC(=O)N3CCOCC3)c3cc(-c4ccccc4)nn3c2=O)C1=O. The number of amides is 2. The van der Waals surface area contributed by atoms with Crippen molar-refractivity contribution in [2.45, 2.75) is 39.4 Å². The van der Waals surface area contributed by atoms with E-state index in [1.54, 1.807) is 20.4 Å². The third kappa shape index (κ3) is 3.62. The highest BCUT2D eigenvalue weighted by atomic mass is 16.5. The summed E-state index contributed by atoms with van der Waals surface area (Å²) in [6, 6.07) is 11.3. The van der Waals surface area contributed by atoms with Crippen molar-refractivity contribution in [2.75, 3.05) is 26.3 Å². The Labute approximate surface area is 191 Å². The van der Waals surface area contributed by atoms with Crippen LogP contribution < -0.4 is 5.56 Å². The molecule has 3 aromatic rings. The van der Waals surface area contributed by atoms with E-state index >= 15 is 0 Å². The van der Waals surface area contributed by atoms with Gasteiger partial charge in [-0.15, -0.1) is 0 Å². The average molecular weight is 450 g/mol. The molecule has 0 bridgehead atoms. The van der Waals surface area contributed by atoms with Crippen LogP contribution in [0.5, 0.6) is 0 Å². The molecule has 9 heteroatoms. The molecule has 2 aromatic heterocycles. The lowest BCUT2D eigenvalue weighted by atomic mass is 10.1. The molecule has 0 saturated carbocycles. The maximum Gasteiger partial charge on any atom is 0.280 e. The van der Waals surface area contributed by atoms with Gasteiger partial charge in [0.05, 0.1) is 31.0 Å². The summed E-state index contributed by atoms with van der Waals surface area (Å²) in [6.45, 7) is 7.95. The standard InChI is InChI=1S/C24H27N5O4/c1-24(2,3)28-14-17-21(23(28)32)27(15-20(30)26-9-11-33-12-10-26)19-13-18(25-29(19)22(17)31)16-7-5-4-6-8-16/h4-8,13H,9-12,14-15H2,1-3H3. The maximum atomic E-state index is 13.5. The first-order valence-electron chi connectivity index (χ1n) is 11.1. The Hall–Kier alpha value is -3.46. The Balaban J connectivity index is 1.68. The molecule has 0 atom stereocenters. The van der Waals surface area contributed by atoms with Gasteiger partial charge in [0.25, 0.3) is 11.5 Å². The van der Waals surface area contributed by atoms with Gasteiger partial charge in [-0.3, -0.25) is 14.4 Å². The van der Waals surface area contributed by atoms with Gasteiger partial charge in [0.2, 0.25) is 5.91 Å². The summed E-state index contributed by atoms with van der Waals surface area (Å²) in [5, 5.41) is 4.56. The van der Waals surface area contributed by atoms with Crippen LogP contribution in [0.2, 0.25) is 0 Å². The normalized spacial score (nSPS) is 16.5. The van der Waals surface area contributed by atoms with Gasteiger partial charge in [0, 0.05) is 30.3 Å². The van der Waals surface area contributed by atoms with E-state index in [2.05, 4.69) is 5.10 Å².